The minimum Gasteiger partial charge on any atom is -0.472 e. The minimum absolute atomic E-state index is 0.181. The molecule has 1 N–H and O–H groups in total. The first-order valence-electron chi connectivity index (χ1n) is 6.65. The van der Waals surface area contributed by atoms with E-state index in [2.05, 4.69) is 19.2 Å². The molecule has 0 aliphatic heterocycles. The zero-order chi connectivity index (χ0) is 13.7. The number of benzene rings is 1. The SMILES string of the molecule is CC(C)NCC(Cc1ccoc1)c1cccc(F)c1. The van der Waals surface area contributed by atoms with Crippen LogP contribution in [0.25, 0.3) is 0 Å². The predicted octanol–water partition coefficient (Wildman–Crippen LogP) is 3.74. The van der Waals surface area contributed by atoms with Crippen LogP contribution in [0.3, 0.4) is 0 Å². The van der Waals surface area contributed by atoms with E-state index < -0.39 is 0 Å². The summed E-state index contributed by atoms with van der Waals surface area (Å²) in [5, 5.41) is 3.42. The summed E-state index contributed by atoms with van der Waals surface area (Å²) in [5.74, 6) is 0.0648. The summed E-state index contributed by atoms with van der Waals surface area (Å²) in [6.07, 6.45) is 4.27. The van der Waals surface area contributed by atoms with Crippen molar-refractivity contribution in [3.05, 3.63) is 59.8 Å². The Morgan fingerprint density at radius 3 is 2.74 bits per heavy atom. The number of hydrogen-bond acceptors (Lipinski definition) is 2. The predicted molar refractivity (Wildman–Crippen MR) is 74.7 cm³/mol. The lowest BCUT2D eigenvalue weighted by atomic mass is 9.92. The Balaban J connectivity index is 2.13. The molecule has 1 atom stereocenters. The van der Waals surface area contributed by atoms with Gasteiger partial charge in [0.1, 0.15) is 5.82 Å². The fraction of sp³-hybridized carbons (Fsp3) is 0.375. The molecular weight excluding hydrogens is 241 g/mol. The van der Waals surface area contributed by atoms with Crippen LogP contribution in [0.4, 0.5) is 4.39 Å². The van der Waals surface area contributed by atoms with Crippen LogP contribution in [0.15, 0.2) is 47.3 Å². The maximum atomic E-state index is 13.4. The summed E-state index contributed by atoms with van der Waals surface area (Å²) in [6.45, 7) is 5.05. The Hall–Kier alpha value is -1.61. The highest BCUT2D eigenvalue weighted by atomic mass is 19.1. The highest BCUT2D eigenvalue weighted by molar-refractivity contribution is 5.24. The average molecular weight is 261 g/mol. The van der Waals surface area contributed by atoms with Crippen molar-refractivity contribution in [2.24, 2.45) is 0 Å². The fourth-order valence-electron chi connectivity index (χ4n) is 2.14. The smallest absolute Gasteiger partial charge is 0.123 e. The van der Waals surface area contributed by atoms with Crippen LogP contribution < -0.4 is 5.32 Å². The number of halogens is 1. The Labute approximate surface area is 113 Å². The van der Waals surface area contributed by atoms with Gasteiger partial charge in [-0.15, -0.1) is 0 Å². The fourth-order valence-corrected chi connectivity index (χ4v) is 2.14. The lowest BCUT2D eigenvalue weighted by Crippen LogP contribution is -2.28. The van der Waals surface area contributed by atoms with E-state index in [1.165, 1.54) is 6.07 Å². The van der Waals surface area contributed by atoms with E-state index in [1.54, 1.807) is 24.7 Å². The maximum absolute atomic E-state index is 13.4. The Kier molecular flexibility index (Phi) is 4.74. The molecule has 0 spiro atoms. The monoisotopic (exact) mass is 261 g/mol. The van der Waals surface area contributed by atoms with Crippen molar-refractivity contribution >= 4 is 0 Å². The van der Waals surface area contributed by atoms with Crippen LogP contribution in [0.2, 0.25) is 0 Å². The van der Waals surface area contributed by atoms with E-state index in [9.17, 15) is 4.39 Å². The summed E-state index contributed by atoms with van der Waals surface area (Å²) in [7, 11) is 0. The molecule has 0 fully saturated rings. The second-order valence-corrected chi connectivity index (χ2v) is 5.15. The minimum atomic E-state index is -0.181. The summed E-state index contributed by atoms with van der Waals surface area (Å²) < 4.78 is 18.5. The van der Waals surface area contributed by atoms with Crippen molar-refractivity contribution in [2.45, 2.75) is 32.2 Å². The zero-order valence-electron chi connectivity index (χ0n) is 11.4. The van der Waals surface area contributed by atoms with Crippen LogP contribution in [0.1, 0.15) is 30.9 Å². The first kappa shape index (κ1) is 13.8. The molecule has 1 unspecified atom stereocenters. The maximum Gasteiger partial charge on any atom is 0.123 e. The second kappa shape index (κ2) is 6.53. The molecule has 0 radical (unpaired) electrons. The van der Waals surface area contributed by atoms with Gasteiger partial charge in [0.05, 0.1) is 12.5 Å². The molecule has 0 amide bonds. The van der Waals surface area contributed by atoms with Gasteiger partial charge in [0.2, 0.25) is 0 Å². The first-order chi connectivity index (χ1) is 9.15. The first-order valence-corrected chi connectivity index (χ1v) is 6.65. The molecule has 19 heavy (non-hydrogen) atoms. The molecule has 0 saturated heterocycles. The van der Waals surface area contributed by atoms with E-state index in [1.807, 2.05) is 12.1 Å². The van der Waals surface area contributed by atoms with Crippen LogP contribution >= 0.6 is 0 Å². The van der Waals surface area contributed by atoms with E-state index in [0.717, 1.165) is 24.1 Å². The van der Waals surface area contributed by atoms with Crippen molar-refractivity contribution < 1.29 is 8.81 Å². The van der Waals surface area contributed by atoms with E-state index in [4.69, 9.17) is 4.42 Å². The summed E-state index contributed by atoms with van der Waals surface area (Å²) in [4.78, 5) is 0. The number of furan rings is 1. The van der Waals surface area contributed by atoms with Crippen LogP contribution in [0.5, 0.6) is 0 Å². The summed E-state index contributed by atoms with van der Waals surface area (Å²) in [5.41, 5.74) is 2.16. The molecule has 102 valence electrons. The van der Waals surface area contributed by atoms with Crippen molar-refractivity contribution in [1.82, 2.24) is 5.32 Å². The zero-order valence-corrected chi connectivity index (χ0v) is 11.4. The van der Waals surface area contributed by atoms with Gasteiger partial charge in [-0.1, -0.05) is 26.0 Å². The molecule has 0 bridgehead atoms. The Morgan fingerprint density at radius 1 is 1.26 bits per heavy atom. The molecule has 2 nitrogen and oxygen atoms in total. The van der Waals surface area contributed by atoms with Crippen molar-refractivity contribution in [3.8, 4) is 0 Å². The molecular formula is C16H20FNO. The highest BCUT2D eigenvalue weighted by Crippen LogP contribution is 2.21. The molecule has 2 aromatic rings. The third-order valence-electron chi connectivity index (χ3n) is 3.15. The number of nitrogens with one attached hydrogen (secondary N) is 1. The van der Waals surface area contributed by atoms with E-state index >= 15 is 0 Å². The second-order valence-electron chi connectivity index (χ2n) is 5.15. The molecule has 0 aliphatic carbocycles. The summed E-state index contributed by atoms with van der Waals surface area (Å²) >= 11 is 0. The van der Waals surface area contributed by atoms with Crippen LogP contribution in [-0.2, 0) is 6.42 Å². The Morgan fingerprint density at radius 2 is 2.11 bits per heavy atom. The van der Waals surface area contributed by atoms with Gasteiger partial charge in [0, 0.05) is 18.5 Å². The van der Waals surface area contributed by atoms with Crippen LogP contribution in [0, 0.1) is 5.82 Å². The molecule has 1 aromatic heterocycles. The van der Waals surface area contributed by atoms with Gasteiger partial charge in [-0.25, -0.2) is 4.39 Å². The van der Waals surface area contributed by atoms with Gasteiger partial charge >= 0.3 is 0 Å². The number of hydrogen-bond donors (Lipinski definition) is 1. The standard InChI is InChI=1S/C16H20FNO/c1-12(2)18-10-15(8-13-6-7-19-11-13)14-4-3-5-16(17)9-14/h3-7,9,11-12,15,18H,8,10H2,1-2H3. The number of rotatable bonds is 6. The lowest BCUT2D eigenvalue weighted by molar-refractivity contribution is 0.519. The van der Waals surface area contributed by atoms with Gasteiger partial charge in [-0.05, 0) is 35.7 Å². The normalized spacial score (nSPS) is 12.8. The molecule has 2 rings (SSSR count). The van der Waals surface area contributed by atoms with Gasteiger partial charge in [0.15, 0.2) is 0 Å². The topological polar surface area (TPSA) is 25.2 Å². The van der Waals surface area contributed by atoms with Gasteiger partial charge < -0.3 is 9.73 Å². The highest BCUT2D eigenvalue weighted by Gasteiger charge is 2.14. The van der Waals surface area contributed by atoms with Crippen molar-refractivity contribution in [1.29, 1.82) is 0 Å². The van der Waals surface area contributed by atoms with Crippen LogP contribution in [-0.4, -0.2) is 12.6 Å². The van der Waals surface area contributed by atoms with Gasteiger partial charge in [0.25, 0.3) is 0 Å². The third-order valence-corrected chi connectivity index (χ3v) is 3.15. The molecule has 3 heteroatoms. The molecule has 0 aliphatic rings. The van der Waals surface area contributed by atoms with E-state index in [-0.39, 0.29) is 11.7 Å². The van der Waals surface area contributed by atoms with Crippen molar-refractivity contribution in [2.75, 3.05) is 6.54 Å². The average Bonchev–Trinajstić information content (AvgIpc) is 2.87. The van der Waals surface area contributed by atoms with Gasteiger partial charge in [-0.3, -0.25) is 0 Å². The summed E-state index contributed by atoms with van der Waals surface area (Å²) in [6, 6.07) is 9.22. The van der Waals surface area contributed by atoms with E-state index in [0.29, 0.717) is 6.04 Å². The van der Waals surface area contributed by atoms with Crippen molar-refractivity contribution in [3.63, 3.8) is 0 Å². The molecule has 1 aromatic carbocycles. The van der Waals surface area contributed by atoms with Gasteiger partial charge in [-0.2, -0.15) is 0 Å². The molecule has 0 saturated carbocycles. The quantitative estimate of drug-likeness (QED) is 0.857. The Bertz CT molecular complexity index is 493. The molecule has 1 heterocycles. The largest absolute Gasteiger partial charge is 0.472 e. The third kappa shape index (κ3) is 4.21. The lowest BCUT2D eigenvalue weighted by Gasteiger charge is -2.19.